The summed E-state index contributed by atoms with van der Waals surface area (Å²) in [5.74, 6) is 0.831. The van der Waals surface area contributed by atoms with Crippen molar-refractivity contribution in [1.29, 1.82) is 0 Å². The molecule has 0 aliphatic rings. The zero-order chi connectivity index (χ0) is 17.5. The van der Waals surface area contributed by atoms with E-state index in [1.165, 1.54) is 0 Å². The van der Waals surface area contributed by atoms with Gasteiger partial charge in [-0.1, -0.05) is 46.3 Å². The van der Waals surface area contributed by atoms with E-state index in [9.17, 15) is 4.79 Å². The van der Waals surface area contributed by atoms with E-state index in [0.29, 0.717) is 13.1 Å². The largest absolute Gasteiger partial charge is 0.496 e. The van der Waals surface area contributed by atoms with Gasteiger partial charge in [0.1, 0.15) is 5.75 Å². The molecule has 4 nitrogen and oxygen atoms in total. The van der Waals surface area contributed by atoms with Crippen molar-refractivity contribution in [2.24, 2.45) is 0 Å². The number of ether oxygens (including phenoxy) is 1. The number of nitrogens with one attached hydrogen (secondary N) is 1. The lowest BCUT2D eigenvalue weighted by Crippen LogP contribution is -2.42. The summed E-state index contributed by atoms with van der Waals surface area (Å²) >= 11 is 3.48. The first-order valence-electron chi connectivity index (χ1n) is 7.85. The van der Waals surface area contributed by atoms with Gasteiger partial charge in [-0.15, -0.1) is 0 Å². The molecule has 0 fully saturated rings. The van der Waals surface area contributed by atoms with Gasteiger partial charge in [-0.05, 0) is 37.7 Å². The summed E-state index contributed by atoms with van der Waals surface area (Å²) in [5, 5.41) is 2.98. The van der Waals surface area contributed by atoms with E-state index in [1.54, 1.807) is 7.11 Å². The normalized spacial score (nSPS) is 12.0. The van der Waals surface area contributed by atoms with Crippen LogP contribution in [0, 0.1) is 0 Å². The molecule has 0 aliphatic carbocycles. The lowest BCUT2D eigenvalue weighted by atomic mass is 10.1. The fraction of sp³-hybridized carbons (Fsp3) is 0.316. The van der Waals surface area contributed by atoms with Gasteiger partial charge in [-0.3, -0.25) is 9.69 Å². The van der Waals surface area contributed by atoms with Crippen LogP contribution in [0.4, 0.5) is 0 Å². The van der Waals surface area contributed by atoms with Crippen LogP contribution < -0.4 is 10.1 Å². The minimum Gasteiger partial charge on any atom is -0.496 e. The molecule has 2 rings (SSSR count). The number of rotatable bonds is 7. The van der Waals surface area contributed by atoms with Gasteiger partial charge in [0, 0.05) is 23.1 Å². The molecule has 0 aliphatic heterocycles. The van der Waals surface area contributed by atoms with Crippen LogP contribution in [-0.4, -0.2) is 31.0 Å². The number of carbonyl (C=O) groups is 1. The molecule has 1 amide bonds. The smallest absolute Gasteiger partial charge is 0.237 e. The number of carbonyl (C=O) groups excluding carboxylic acids is 1. The number of likely N-dealkylation sites (N-methyl/N-ethyl adjacent to an activating group) is 1. The summed E-state index contributed by atoms with van der Waals surface area (Å²) in [6, 6.07) is 15.6. The van der Waals surface area contributed by atoms with Crippen molar-refractivity contribution in [2.75, 3.05) is 14.2 Å². The average Bonchev–Trinajstić information content (AvgIpc) is 2.60. The van der Waals surface area contributed by atoms with Gasteiger partial charge in [0.05, 0.1) is 13.2 Å². The molecule has 0 saturated heterocycles. The van der Waals surface area contributed by atoms with Gasteiger partial charge >= 0.3 is 0 Å². The highest BCUT2D eigenvalue weighted by Gasteiger charge is 2.19. The van der Waals surface area contributed by atoms with E-state index in [2.05, 4.69) is 21.2 Å². The first-order valence-corrected chi connectivity index (χ1v) is 8.65. The molecule has 0 bridgehead atoms. The van der Waals surface area contributed by atoms with Gasteiger partial charge in [0.25, 0.3) is 0 Å². The SMILES string of the molecule is COc1ccc(Br)cc1CN(C)[C@@H](C)C(=O)NCc1ccccc1. The predicted molar refractivity (Wildman–Crippen MR) is 99.9 cm³/mol. The van der Waals surface area contributed by atoms with Crippen LogP contribution in [-0.2, 0) is 17.9 Å². The highest BCUT2D eigenvalue weighted by Crippen LogP contribution is 2.24. The quantitative estimate of drug-likeness (QED) is 0.784. The summed E-state index contributed by atoms with van der Waals surface area (Å²) in [4.78, 5) is 14.4. The minimum absolute atomic E-state index is 0.00955. The lowest BCUT2D eigenvalue weighted by molar-refractivity contribution is -0.125. The van der Waals surface area contributed by atoms with Crippen LogP contribution in [0.3, 0.4) is 0 Å². The van der Waals surface area contributed by atoms with Gasteiger partial charge in [-0.2, -0.15) is 0 Å². The van der Waals surface area contributed by atoms with E-state index in [-0.39, 0.29) is 11.9 Å². The Morgan fingerprint density at radius 3 is 2.62 bits per heavy atom. The average molecular weight is 391 g/mol. The van der Waals surface area contributed by atoms with Gasteiger partial charge in [-0.25, -0.2) is 0 Å². The highest BCUT2D eigenvalue weighted by atomic mass is 79.9. The Morgan fingerprint density at radius 1 is 1.25 bits per heavy atom. The topological polar surface area (TPSA) is 41.6 Å². The monoisotopic (exact) mass is 390 g/mol. The third-order valence-corrected chi connectivity index (χ3v) is 4.51. The summed E-state index contributed by atoms with van der Waals surface area (Å²) in [5.41, 5.74) is 2.13. The number of hydrogen-bond donors (Lipinski definition) is 1. The van der Waals surface area contributed by atoms with Crippen molar-refractivity contribution in [2.45, 2.75) is 26.1 Å². The molecule has 0 unspecified atom stereocenters. The molecule has 1 N–H and O–H groups in total. The van der Waals surface area contributed by atoms with Crippen molar-refractivity contribution >= 4 is 21.8 Å². The third-order valence-electron chi connectivity index (χ3n) is 4.01. The van der Waals surface area contributed by atoms with Gasteiger partial charge in [0.2, 0.25) is 5.91 Å². The number of benzene rings is 2. The van der Waals surface area contributed by atoms with Crippen molar-refractivity contribution in [3.8, 4) is 5.75 Å². The summed E-state index contributed by atoms with van der Waals surface area (Å²) in [6.07, 6.45) is 0. The van der Waals surface area contributed by atoms with Crippen LogP contribution in [0.25, 0.3) is 0 Å². The van der Waals surface area contributed by atoms with E-state index in [4.69, 9.17) is 4.74 Å². The Morgan fingerprint density at radius 2 is 1.96 bits per heavy atom. The van der Waals surface area contributed by atoms with Crippen molar-refractivity contribution in [3.05, 3.63) is 64.1 Å². The van der Waals surface area contributed by atoms with Crippen molar-refractivity contribution in [3.63, 3.8) is 0 Å². The predicted octanol–water partition coefficient (Wildman–Crippen LogP) is 3.59. The minimum atomic E-state index is -0.239. The fourth-order valence-electron chi connectivity index (χ4n) is 2.41. The van der Waals surface area contributed by atoms with E-state index < -0.39 is 0 Å². The Bertz CT molecular complexity index is 676. The zero-order valence-corrected chi connectivity index (χ0v) is 15.8. The molecule has 0 aromatic heterocycles. The number of methoxy groups -OCH3 is 1. The molecule has 2 aromatic rings. The van der Waals surface area contributed by atoms with Gasteiger partial charge < -0.3 is 10.1 Å². The maximum absolute atomic E-state index is 12.4. The molecule has 5 heteroatoms. The third kappa shape index (κ3) is 5.08. The Labute approximate surface area is 151 Å². The van der Waals surface area contributed by atoms with Gasteiger partial charge in [0.15, 0.2) is 0 Å². The number of hydrogen-bond acceptors (Lipinski definition) is 3. The van der Waals surface area contributed by atoms with Crippen LogP contribution in [0.2, 0.25) is 0 Å². The Hall–Kier alpha value is -1.85. The molecule has 1 atom stereocenters. The van der Waals surface area contributed by atoms with Crippen molar-refractivity contribution < 1.29 is 9.53 Å². The maximum atomic E-state index is 12.4. The molecular formula is C19H23BrN2O2. The second-order valence-electron chi connectivity index (χ2n) is 5.75. The molecule has 128 valence electrons. The Kier molecular flexibility index (Phi) is 6.82. The number of nitrogens with zero attached hydrogens (tertiary/aromatic N) is 1. The second kappa shape index (κ2) is 8.85. The molecular weight excluding hydrogens is 368 g/mol. The maximum Gasteiger partial charge on any atom is 0.237 e. The molecule has 2 aromatic carbocycles. The number of amides is 1. The van der Waals surface area contributed by atoms with E-state index in [1.807, 2.05) is 67.4 Å². The first-order chi connectivity index (χ1) is 11.5. The number of halogens is 1. The van der Waals surface area contributed by atoms with Crippen LogP contribution >= 0.6 is 15.9 Å². The standard InChI is InChI=1S/C19H23BrN2O2/c1-14(19(23)21-12-15-7-5-4-6-8-15)22(2)13-16-11-17(20)9-10-18(16)24-3/h4-11,14H,12-13H2,1-3H3,(H,21,23)/t14-/m0/s1. The summed E-state index contributed by atoms with van der Waals surface area (Å²) in [7, 11) is 3.59. The van der Waals surface area contributed by atoms with Crippen LogP contribution in [0.5, 0.6) is 5.75 Å². The molecule has 0 radical (unpaired) electrons. The molecule has 24 heavy (non-hydrogen) atoms. The molecule has 0 spiro atoms. The van der Waals surface area contributed by atoms with E-state index >= 15 is 0 Å². The lowest BCUT2D eigenvalue weighted by Gasteiger charge is -2.25. The summed E-state index contributed by atoms with van der Waals surface area (Å²) in [6.45, 7) is 3.07. The fourth-order valence-corrected chi connectivity index (χ4v) is 2.82. The second-order valence-corrected chi connectivity index (χ2v) is 6.67. The summed E-state index contributed by atoms with van der Waals surface area (Å²) < 4.78 is 6.39. The van der Waals surface area contributed by atoms with E-state index in [0.717, 1.165) is 21.3 Å². The van der Waals surface area contributed by atoms with Crippen LogP contribution in [0.1, 0.15) is 18.1 Å². The van der Waals surface area contributed by atoms with Crippen LogP contribution in [0.15, 0.2) is 53.0 Å². The van der Waals surface area contributed by atoms with Crippen molar-refractivity contribution in [1.82, 2.24) is 10.2 Å². The molecule has 0 heterocycles. The first kappa shape index (κ1) is 18.5. The zero-order valence-electron chi connectivity index (χ0n) is 14.3. The molecule has 0 saturated carbocycles. The highest BCUT2D eigenvalue weighted by molar-refractivity contribution is 9.10. The Balaban J connectivity index is 1.95.